The third kappa shape index (κ3) is 3.07. The van der Waals surface area contributed by atoms with Crippen molar-refractivity contribution in [3.05, 3.63) is 29.6 Å². The molecule has 0 radical (unpaired) electrons. The topological polar surface area (TPSA) is 35.5 Å². The number of carbonyl (C=O) groups is 1. The van der Waals surface area contributed by atoms with Gasteiger partial charge in [-0.25, -0.2) is 4.39 Å². The Morgan fingerprint density at radius 3 is 2.72 bits per heavy atom. The molecule has 98 valence electrons. The molecule has 0 spiro atoms. The van der Waals surface area contributed by atoms with Crippen LogP contribution in [-0.2, 0) is 4.74 Å². The van der Waals surface area contributed by atoms with E-state index in [0.717, 1.165) is 25.7 Å². The molecular weight excluding hydrogens is 235 g/mol. The van der Waals surface area contributed by atoms with Gasteiger partial charge >= 0.3 is 0 Å². The molecular formula is C14H17FO3. The van der Waals surface area contributed by atoms with Crippen LogP contribution in [0, 0.1) is 5.82 Å². The summed E-state index contributed by atoms with van der Waals surface area (Å²) in [5.41, 5.74) is 0.325. The van der Waals surface area contributed by atoms with Crippen LogP contribution in [0.3, 0.4) is 0 Å². The predicted octanol–water partition coefficient (Wildman–Crippen LogP) is 2.98. The molecule has 1 fully saturated rings. The first kappa shape index (κ1) is 13.0. The average molecular weight is 252 g/mol. The number of rotatable bonds is 5. The fraction of sp³-hybridized carbons (Fsp3) is 0.500. The zero-order valence-corrected chi connectivity index (χ0v) is 10.4. The van der Waals surface area contributed by atoms with E-state index >= 15 is 0 Å². The molecule has 0 aliphatic heterocycles. The van der Waals surface area contributed by atoms with Crippen molar-refractivity contribution in [2.75, 3.05) is 13.7 Å². The number of hydrogen-bond donors (Lipinski definition) is 0. The highest BCUT2D eigenvalue weighted by Gasteiger charge is 2.17. The first-order valence-corrected chi connectivity index (χ1v) is 6.19. The van der Waals surface area contributed by atoms with Crippen molar-refractivity contribution in [2.24, 2.45) is 0 Å². The maximum atomic E-state index is 13.4. The van der Waals surface area contributed by atoms with Gasteiger partial charge in [-0.3, -0.25) is 4.79 Å². The van der Waals surface area contributed by atoms with Gasteiger partial charge < -0.3 is 9.47 Å². The summed E-state index contributed by atoms with van der Waals surface area (Å²) in [5.74, 6) is -0.573. The summed E-state index contributed by atoms with van der Waals surface area (Å²) in [7, 11) is 1.39. The third-order valence-electron chi connectivity index (χ3n) is 3.23. The van der Waals surface area contributed by atoms with Gasteiger partial charge in [0, 0.05) is 5.56 Å². The van der Waals surface area contributed by atoms with Crippen LogP contribution in [0.2, 0.25) is 0 Å². The van der Waals surface area contributed by atoms with Gasteiger partial charge in [0.15, 0.2) is 17.3 Å². The molecule has 0 N–H and O–H groups in total. The van der Waals surface area contributed by atoms with Crippen LogP contribution in [0.1, 0.15) is 36.0 Å². The minimum Gasteiger partial charge on any atom is -0.494 e. The van der Waals surface area contributed by atoms with E-state index in [1.54, 1.807) is 6.07 Å². The van der Waals surface area contributed by atoms with Crippen LogP contribution in [-0.4, -0.2) is 25.6 Å². The molecule has 0 atom stereocenters. The van der Waals surface area contributed by atoms with E-state index in [-0.39, 0.29) is 24.2 Å². The fourth-order valence-corrected chi connectivity index (χ4v) is 2.17. The summed E-state index contributed by atoms with van der Waals surface area (Å²) in [6.45, 7) is 0.0242. The molecule has 0 amide bonds. The van der Waals surface area contributed by atoms with Gasteiger partial charge in [0.25, 0.3) is 0 Å². The second kappa shape index (κ2) is 5.96. The molecule has 1 aromatic carbocycles. The summed E-state index contributed by atoms with van der Waals surface area (Å²) in [6.07, 6.45) is 4.55. The standard InChI is InChI=1S/C14H17FO3/c1-17-14-7-6-10(8-12(14)15)13(16)9-18-11-4-2-3-5-11/h6-8,11H,2-5,9H2,1H3. The number of ether oxygens (including phenoxy) is 2. The molecule has 0 unspecified atom stereocenters. The summed E-state index contributed by atoms with van der Waals surface area (Å²) < 4.78 is 23.7. The van der Waals surface area contributed by atoms with Gasteiger partial charge in [-0.1, -0.05) is 12.8 Å². The highest BCUT2D eigenvalue weighted by Crippen LogP contribution is 2.22. The Morgan fingerprint density at radius 2 is 2.11 bits per heavy atom. The van der Waals surface area contributed by atoms with Crippen molar-refractivity contribution in [2.45, 2.75) is 31.8 Å². The molecule has 0 bridgehead atoms. The zero-order valence-electron chi connectivity index (χ0n) is 10.4. The Balaban J connectivity index is 1.93. The molecule has 0 saturated heterocycles. The lowest BCUT2D eigenvalue weighted by atomic mass is 10.1. The lowest BCUT2D eigenvalue weighted by Crippen LogP contribution is -2.16. The molecule has 1 aromatic rings. The summed E-state index contributed by atoms with van der Waals surface area (Å²) in [4.78, 5) is 11.8. The quantitative estimate of drug-likeness (QED) is 0.756. The Morgan fingerprint density at radius 1 is 1.39 bits per heavy atom. The number of benzene rings is 1. The number of methoxy groups -OCH3 is 1. The molecule has 18 heavy (non-hydrogen) atoms. The molecule has 0 heterocycles. The number of Topliss-reactive ketones (excluding diaryl/α,β-unsaturated/α-hetero) is 1. The van der Waals surface area contributed by atoms with E-state index < -0.39 is 5.82 Å². The van der Waals surface area contributed by atoms with Gasteiger partial charge in [-0.2, -0.15) is 0 Å². The van der Waals surface area contributed by atoms with Crippen molar-refractivity contribution in [3.8, 4) is 5.75 Å². The molecule has 3 nitrogen and oxygen atoms in total. The summed E-state index contributed by atoms with van der Waals surface area (Å²) in [5, 5.41) is 0. The van der Waals surface area contributed by atoms with E-state index in [1.165, 1.54) is 19.2 Å². The van der Waals surface area contributed by atoms with Crippen LogP contribution >= 0.6 is 0 Å². The molecule has 1 aliphatic carbocycles. The van der Waals surface area contributed by atoms with E-state index in [0.29, 0.717) is 5.56 Å². The van der Waals surface area contributed by atoms with Crippen molar-refractivity contribution < 1.29 is 18.7 Å². The summed E-state index contributed by atoms with van der Waals surface area (Å²) >= 11 is 0. The maximum Gasteiger partial charge on any atom is 0.188 e. The molecule has 1 aliphatic rings. The van der Waals surface area contributed by atoms with Crippen molar-refractivity contribution in [1.29, 1.82) is 0 Å². The van der Waals surface area contributed by atoms with Gasteiger partial charge in [0.05, 0.1) is 13.2 Å². The van der Waals surface area contributed by atoms with E-state index in [4.69, 9.17) is 9.47 Å². The Kier molecular flexibility index (Phi) is 4.31. The smallest absolute Gasteiger partial charge is 0.188 e. The van der Waals surface area contributed by atoms with Gasteiger partial charge in [0.2, 0.25) is 0 Å². The van der Waals surface area contributed by atoms with Crippen molar-refractivity contribution in [1.82, 2.24) is 0 Å². The van der Waals surface area contributed by atoms with Gasteiger partial charge in [-0.05, 0) is 31.0 Å². The van der Waals surface area contributed by atoms with Crippen molar-refractivity contribution in [3.63, 3.8) is 0 Å². The number of carbonyl (C=O) groups excluding carboxylic acids is 1. The fourth-order valence-electron chi connectivity index (χ4n) is 2.17. The van der Waals surface area contributed by atoms with E-state index in [2.05, 4.69) is 0 Å². The first-order valence-electron chi connectivity index (χ1n) is 6.19. The molecule has 0 aromatic heterocycles. The Labute approximate surface area is 106 Å². The zero-order chi connectivity index (χ0) is 13.0. The molecule has 2 rings (SSSR count). The average Bonchev–Trinajstić information content (AvgIpc) is 2.89. The summed E-state index contributed by atoms with van der Waals surface area (Å²) in [6, 6.07) is 4.21. The lowest BCUT2D eigenvalue weighted by molar-refractivity contribution is 0.0482. The Bertz CT molecular complexity index is 425. The Hall–Kier alpha value is -1.42. The van der Waals surface area contributed by atoms with Crippen LogP contribution in [0.4, 0.5) is 4.39 Å². The normalized spacial score (nSPS) is 15.9. The number of ketones is 1. The lowest BCUT2D eigenvalue weighted by Gasteiger charge is -2.10. The molecule has 1 saturated carbocycles. The van der Waals surface area contributed by atoms with Crippen LogP contribution < -0.4 is 4.74 Å². The van der Waals surface area contributed by atoms with Crippen LogP contribution in [0.15, 0.2) is 18.2 Å². The second-order valence-electron chi connectivity index (χ2n) is 4.49. The van der Waals surface area contributed by atoms with Crippen molar-refractivity contribution >= 4 is 5.78 Å². The third-order valence-corrected chi connectivity index (χ3v) is 3.23. The van der Waals surface area contributed by atoms with Gasteiger partial charge in [-0.15, -0.1) is 0 Å². The van der Waals surface area contributed by atoms with E-state index in [9.17, 15) is 9.18 Å². The maximum absolute atomic E-state index is 13.4. The van der Waals surface area contributed by atoms with Gasteiger partial charge in [0.1, 0.15) is 6.61 Å². The minimum atomic E-state index is -0.524. The second-order valence-corrected chi connectivity index (χ2v) is 4.49. The van der Waals surface area contributed by atoms with E-state index in [1.807, 2.05) is 0 Å². The van der Waals surface area contributed by atoms with Crippen LogP contribution in [0.25, 0.3) is 0 Å². The molecule has 4 heteroatoms. The predicted molar refractivity (Wildman–Crippen MR) is 65.5 cm³/mol. The largest absolute Gasteiger partial charge is 0.494 e. The minimum absolute atomic E-state index is 0.0242. The highest BCUT2D eigenvalue weighted by molar-refractivity contribution is 5.97. The number of hydrogen-bond acceptors (Lipinski definition) is 3. The SMILES string of the molecule is COc1ccc(C(=O)COC2CCCC2)cc1F. The highest BCUT2D eigenvalue weighted by atomic mass is 19.1. The number of halogens is 1. The van der Waals surface area contributed by atoms with Crippen LogP contribution in [0.5, 0.6) is 5.75 Å². The monoisotopic (exact) mass is 252 g/mol. The first-order chi connectivity index (χ1) is 8.70.